The van der Waals surface area contributed by atoms with Crippen LogP contribution in [-0.4, -0.2) is 0 Å². The predicted octanol–water partition coefficient (Wildman–Crippen LogP) is 16.1. The van der Waals surface area contributed by atoms with Gasteiger partial charge in [0.15, 0.2) is 0 Å². The molecular weight excluding hydrogens is 528 g/mol. The van der Waals surface area contributed by atoms with Gasteiger partial charge in [0.05, 0.1) is 0 Å². The summed E-state index contributed by atoms with van der Waals surface area (Å²) < 4.78 is 0. The zero-order valence-electron chi connectivity index (χ0n) is 32.0. The standard InChI is InChI=1S/C10H8.3C6H6.8C2H6/c1-2-6-10-8-4-3-7-9(10)5-1;3*1-2-4-6-5-3-1;8*1-2/h1-8H;3*1-6H;8*1-2H3. The van der Waals surface area contributed by atoms with Crippen molar-refractivity contribution in [2.45, 2.75) is 111 Å². The lowest BCUT2D eigenvalue weighted by Crippen LogP contribution is -1.67. The Hall–Kier alpha value is -3.64. The van der Waals surface area contributed by atoms with Gasteiger partial charge in [0.25, 0.3) is 0 Å². The Kier molecular flexibility index (Phi) is 92.0. The second-order valence-electron chi connectivity index (χ2n) is 5.81. The first-order valence-electron chi connectivity index (χ1n) is 17.4. The molecule has 5 rings (SSSR count). The van der Waals surface area contributed by atoms with Gasteiger partial charge >= 0.3 is 0 Å². The zero-order chi connectivity index (χ0) is 35.5. The average Bonchev–Trinajstić information content (AvgIpc) is 3.21. The van der Waals surface area contributed by atoms with Gasteiger partial charge in [-0.2, -0.15) is 0 Å². The molecular formula is C44H74. The second-order valence-corrected chi connectivity index (χ2v) is 5.81. The summed E-state index contributed by atoms with van der Waals surface area (Å²) in [4.78, 5) is 0. The van der Waals surface area contributed by atoms with E-state index in [-0.39, 0.29) is 0 Å². The van der Waals surface area contributed by atoms with E-state index in [0.29, 0.717) is 0 Å². The van der Waals surface area contributed by atoms with Gasteiger partial charge in [0.1, 0.15) is 0 Å². The molecule has 0 saturated heterocycles. The highest BCUT2D eigenvalue weighted by atomic mass is 13.9. The minimum absolute atomic E-state index is 1.31. The fourth-order valence-electron chi connectivity index (χ4n) is 2.29. The van der Waals surface area contributed by atoms with Crippen LogP contribution in [0.25, 0.3) is 10.8 Å². The van der Waals surface area contributed by atoms with E-state index in [9.17, 15) is 0 Å². The Bertz CT molecular complexity index is 725. The van der Waals surface area contributed by atoms with Gasteiger partial charge in [-0.3, -0.25) is 0 Å². The molecule has 0 spiro atoms. The van der Waals surface area contributed by atoms with Gasteiger partial charge < -0.3 is 0 Å². The predicted molar refractivity (Wildman–Crippen MR) is 214 cm³/mol. The molecule has 250 valence electrons. The first-order chi connectivity index (χ1) is 22.0. The quantitative estimate of drug-likeness (QED) is 0.165. The normalized spacial score (nSPS) is 6.64. The third-order valence-corrected chi connectivity index (χ3v) is 3.66. The Labute approximate surface area is 278 Å². The van der Waals surface area contributed by atoms with Crippen LogP contribution in [0.1, 0.15) is 111 Å². The van der Waals surface area contributed by atoms with Crippen molar-refractivity contribution < 1.29 is 0 Å². The van der Waals surface area contributed by atoms with Crippen molar-refractivity contribution in [2.24, 2.45) is 0 Å². The smallest absolute Gasteiger partial charge is 0.0184 e. The molecule has 44 heavy (non-hydrogen) atoms. The Morgan fingerprint density at radius 3 is 0.341 bits per heavy atom. The highest BCUT2D eigenvalue weighted by Crippen LogP contribution is 2.11. The van der Waals surface area contributed by atoms with E-state index < -0.39 is 0 Å². The van der Waals surface area contributed by atoms with E-state index >= 15 is 0 Å². The summed E-state index contributed by atoms with van der Waals surface area (Å²) in [7, 11) is 0. The Morgan fingerprint density at radius 2 is 0.250 bits per heavy atom. The average molecular weight is 603 g/mol. The van der Waals surface area contributed by atoms with Gasteiger partial charge in [-0.1, -0.05) is 269 Å². The number of benzene rings is 5. The second kappa shape index (κ2) is 72.0. The van der Waals surface area contributed by atoms with Crippen molar-refractivity contribution in [3.8, 4) is 0 Å². The molecule has 0 amide bonds. The van der Waals surface area contributed by atoms with Crippen molar-refractivity contribution in [3.05, 3.63) is 158 Å². The molecule has 0 atom stereocenters. The number of hydrogen-bond acceptors (Lipinski definition) is 0. The van der Waals surface area contributed by atoms with Gasteiger partial charge in [-0.05, 0) is 10.8 Å². The monoisotopic (exact) mass is 603 g/mol. The summed E-state index contributed by atoms with van der Waals surface area (Å²) in [5, 5.41) is 2.62. The summed E-state index contributed by atoms with van der Waals surface area (Å²) >= 11 is 0. The van der Waals surface area contributed by atoms with E-state index in [2.05, 4.69) is 48.5 Å². The van der Waals surface area contributed by atoms with Crippen LogP contribution < -0.4 is 0 Å². The summed E-state index contributed by atoms with van der Waals surface area (Å²) in [6.45, 7) is 32.0. The van der Waals surface area contributed by atoms with E-state index in [1.807, 2.05) is 220 Å². The van der Waals surface area contributed by atoms with Crippen molar-refractivity contribution in [3.63, 3.8) is 0 Å². The minimum Gasteiger partial charge on any atom is -0.0683 e. The lowest BCUT2D eigenvalue weighted by molar-refractivity contribution is 1.50. The molecule has 0 N–H and O–H groups in total. The van der Waals surface area contributed by atoms with Crippen molar-refractivity contribution in [1.29, 1.82) is 0 Å². The molecule has 0 heterocycles. The third kappa shape index (κ3) is 51.1. The molecule has 0 aromatic heterocycles. The first kappa shape index (κ1) is 56.2. The Balaban J connectivity index is -0.0000000731. The van der Waals surface area contributed by atoms with Crippen molar-refractivity contribution in [1.82, 2.24) is 0 Å². The van der Waals surface area contributed by atoms with Crippen molar-refractivity contribution in [2.75, 3.05) is 0 Å². The maximum Gasteiger partial charge on any atom is -0.0184 e. The first-order valence-corrected chi connectivity index (χ1v) is 17.4. The lowest BCUT2D eigenvalue weighted by atomic mass is 10.1. The van der Waals surface area contributed by atoms with Crippen LogP contribution in [0.15, 0.2) is 158 Å². The van der Waals surface area contributed by atoms with Crippen molar-refractivity contribution >= 4 is 10.8 Å². The maximum atomic E-state index is 2.12. The highest BCUT2D eigenvalue weighted by Gasteiger charge is 1.85. The molecule has 0 aliphatic rings. The summed E-state index contributed by atoms with van der Waals surface area (Å²) in [6.07, 6.45) is 0. The van der Waals surface area contributed by atoms with Crippen LogP contribution in [-0.2, 0) is 0 Å². The molecule has 0 bridgehead atoms. The van der Waals surface area contributed by atoms with Crippen LogP contribution in [0, 0.1) is 0 Å². The largest absolute Gasteiger partial charge is 0.0683 e. The fourth-order valence-corrected chi connectivity index (χ4v) is 2.29. The molecule has 0 fully saturated rings. The van der Waals surface area contributed by atoms with Crippen LogP contribution in [0.2, 0.25) is 0 Å². The number of fused-ring (bicyclic) bond motifs is 1. The van der Waals surface area contributed by atoms with Gasteiger partial charge in [-0.25, -0.2) is 0 Å². The SMILES string of the molecule is CC.CC.CC.CC.CC.CC.CC.CC.c1ccc2ccccc2c1.c1ccccc1.c1ccccc1.c1ccccc1. The Morgan fingerprint density at radius 1 is 0.159 bits per heavy atom. The summed E-state index contributed by atoms with van der Waals surface area (Å²) in [6, 6.07) is 52.7. The number of rotatable bonds is 0. The van der Waals surface area contributed by atoms with E-state index in [1.165, 1.54) is 10.8 Å². The summed E-state index contributed by atoms with van der Waals surface area (Å²) in [5.41, 5.74) is 0. The fraction of sp³-hybridized carbons (Fsp3) is 0.364. The van der Waals surface area contributed by atoms with E-state index in [1.54, 1.807) is 0 Å². The molecule has 0 aliphatic carbocycles. The topological polar surface area (TPSA) is 0 Å². The molecule has 0 saturated carbocycles. The van der Waals surface area contributed by atoms with E-state index in [0.717, 1.165) is 0 Å². The van der Waals surface area contributed by atoms with E-state index in [4.69, 9.17) is 0 Å². The number of hydrogen-bond donors (Lipinski definition) is 0. The van der Waals surface area contributed by atoms with Crippen LogP contribution in [0.3, 0.4) is 0 Å². The molecule has 0 unspecified atom stereocenters. The molecule has 5 aromatic carbocycles. The summed E-state index contributed by atoms with van der Waals surface area (Å²) in [5.74, 6) is 0. The molecule has 0 radical (unpaired) electrons. The van der Waals surface area contributed by atoms with Gasteiger partial charge in [-0.15, -0.1) is 0 Å². The van der Waals surface area contributed by atoms with Crippen LogP contribution in [0.4, 0.5) is 0 Å². The molecule has 0 nitrogen and oxygen atoms in total. The molecule has 0 heteroatoms. The van der Waals surface area contributed by atoms with Crippen LogP contribution in [0.5, 0.6) is 0 Å². The maximum absolute atomic E-state index is 2.12. The zero-order valence-corrected chi connectivity index (χ0v) is 32.0. The van der Waals surface area contributed by atoms with Gasteiger partial charge in [0, 0.05) is 0 Å². The molecule has 0 aliphatic heterocycles. The van der Waals surface area contributed by atoms with Crippen LogP contribution >= 0.6 is 0 Å². The highest BCUT2D eigenvalue weighted by molar-refractivity contribution is 5.82. The molecule has 5 aromatic rings. The third-order valence-electron chi connectivity index (χ3n) is 3.66. The van der Waals surface area contributed by atoms with Gasteiger partial charge in [0.2, 0.25) is 0 Å². The minimum atomic E-state index is 1.31. The lowest BCUT2D eigenvalue weighted by Gasteiger charge is -1.92.